The number of aromatic nitrogens is 3. The molecule has 1 fully saturated rings. The van der Waals surface area contributed by atoms with Crippen molar-refractivity contribution in [1.29, 1.82) is 0 Å². The number of carbonyl (C=O) groups excluding carboxylic acids is 1. The Balaban J connectivity index is 1.77. The molecule has 0 unspecified atom stereocenters. The molecule has 1 N–H and O–H groups in total. The summed E-state index contributed by atoms with van der Waals surface area (Å²) in [6, 6.07) is 1.77. The average molecular weight is 338 g/mol. The summed E-state index contributed by atoms with van der Waals surface area (Å²) >= 11 is 1.30. The molecule has 122 valence electrons. The van der Waals surface area contributed by atoms with Crippen molar-refractivity contribution in [2.75, 3.05) is 5.32 Å². The highest BCUT2D eigenvalue weighted by molar-refractivity contribution is 7.13. The highest BCUT2D eigenvalue weighted by Crippen LogP contribution is 2.34. The Morgan fingerprint density at radius 3 is 2.70 bits per heavy atom. The van der Waals surface area contributed by atoms with Crippen LogP contribution in [0, 0.1) is 6.92 Å². The quantitative estimate of drug-likeness (QED) is 0.861. The molecule has 1 aliphatic rings. The largest absolute Gasteiger partial charge is 0.367 e. The SMILES string of the molecule is Cc1cc(NC2CCC(F)(F)CC2)nc(-c2nc(C=O)cs2)n1. The first-order valence-corrected chi connectivity index (χ1v) is 8.24. The van der Waals surface area contributed by atoms with E-state index < -0.39 is 5.92 Å². The molecule has 0 aromatic carbocycles. The van der Waals surface area contributed by atoms with E-state index in [1.807, 2.05) is 6.92 Å². The van der Waals surface area contributed by atoms with Crippen LogP contribution in [-0.2, 0) is 0 Å². The van der Waals surface area contributed by atoms with Crippen LogP contribution >= 0.6 is 11.3 Å². The minimum atomic E-state index is -2.54. The van der Waals surface area contributed by atoms with Crippen LogP contribution in [0.3, 0.4) is 0 Å². The molecular weight excluding hydrogens is 322 g/mol. The van der Waals surface area contributed by atoms with E-state index >= 15 is 0 Å². The van der Waals surface area contributed by atoms with Crippen LogP contribution in [0.1, 0.15) is 41.9 Å². The number of carbonyl (C=O) groups is 1. The van der Waals surface area contributed by atoms with Gasteiger partial charge in [-0.25, -0.2) is 23.7 Å². The van der Waals surface area contributed by atoms with Crippen LogP contribution in [0.4, 0.5) is 14.6 Å². The molecule has 23 heavy (non-hydrogen) atoms. The maximum atomic E-state index is 13.2. The molecule has 1 aliphatic carbocycles. The minimum Gasteiger partial charge on any atom is -0.367 e. The Bertz CT molecular complexity index is 709. The zero-order valence-electron chi connectivity index (χ0n) is 12.6. The highest BCUT2D eigenvalue weighted by Gasteiger charge is 2.34. The number of nitrogens with zero attached hydrogens (tertiary/aromatic N) is 3. The molecule has 0 atom stereocenters. The summed E-state index contributed by atoms with van der Waals surface area (Å²) in [5, 5.41) is 5.42. The number of thiazole rings is 1. The van der Waals surface area contributed by atoms with Crippen LogP contribution in [0.2, 0.25) is 0 Å². The molecule has 0 amide bonds. The van der Waals surface area contributed by atoms with Gasteiger partial charge < -0.3 is 5.32 Å². The lowest BCUT2D eigenvalue weighted by atomic mass is 9.92. The summed E-state index contributed by atoms with van der Waals surface area (Å²) < 4.78 is 26.4. The molecular formula is C15H16F2N4OS. The fourth-order valence-electron chi connectivity index (χ4n) is 2.57. The van der Waals surface area contributed by atoms with Crippen molar-refractivity contribution in [3.05, 3.63) is 22.8 Å². The van der Waals surface area contributed by atoms with Gasteiger partial charge in [0.2, 0.25) is 5.92 Å². The van der Waals surface area contributed by atoms with Crippen molar-refractivity contribution in [3.8, 4) is 10.8 Å². The van der Waals surface area contributed by atoms with E-state index in [1.54, 1.807) is 11.4 Å². The van der Waals surface area contributed by atoms with Gasteiger partial charge in [-0.05, 0) is 19.8 Å². The second-order valence-electron chi connectivity index (χ2n) is 5.69. The first-order chi connectivity index (χ1) is 10.9. The first kappa shape index (κ1) is 15.9. The van der Waals surface area contributed by atoms with Crippen LogP contribution in [0.15, 0.2) is 11.4 Å². The van der Waals surface area contributed by atoms with Crippen molar-refractivity contribution in [2.24, 2.45) is 0 Å². The predicted octanol–water partition coefficient (Wildman–Crippen LogP) is 3.71. The van der Waals surface area contributed by atoms with E-state index in [2.05, 4.69) is 20.3 Å². The smallest absolute Gasteiger partial charge is 0.248 e. The third-order valence-corrected chi connectivity index (χ3v) is 4.61. The molecule has 0 saturated heterocycles. The maximum Gasteiger partial charge on any atom is 0.248 e. The topological polar surface area (TPSA) is 67.8 Å². The Morgan fingerprint density at radius 1 is 1.30 bits per heavy atom. The van der Waals surface area contributed by atoms with Crippen molar-refractivity contribution in [1.82, 2.24) is 15.0 Å². The van der Waals surface area contributed by atoms with Gasteiger partial charge in [-0.2, -0.15) is 0 Å². The highest BCUT2D eigenvalue weighted by atomic mass is 32.1. The van der Waals surface area contributed by atoms with Gasteiger partial charge in [0.25, 0.3) is 0 Å². The number of nitrogens with one attached hydrogen (secondary N) is 1. The Kier molecular flexibility index (Phi) is 4.34. The second-order valence-corrected chi connectivity index (χ2v) is 6.55. The van der Waals surface area contributed by atoms with Crippen molar-refractivity contribution in [3.63, 3.8) is 0 Å². The molecule has 0 radical (unpaired) electrons. The number of alkyl halides is 2. The summed E-state index contributed by atoms with van der Waals surface area (Å²) in [4.78, 5) is 23.6. The number of rotatable bonds is 4. The third-order valence-electron chi connectivity index (χ3n) is 3.76. The number of anilines is 1. The summed E-state index contributed by atoms with van der Waals surface area (Å²) in [6.07, 6.45) is 1.31. The predicted molar refractivity (Wildman–Crippen MR) is 84.1 cm³/mol. The Hall–Kier alpha value is -1.96. The second kappa shape index (κ2) is 6.27. The van der Waals surface area contributed by atoms with Gasteiger partial charge in [0, 0.05) is 36.0 Å². The van der Waals surface area contributed by atoms with Gasteiger partial charge in [-0.1, -0.05) is 0 Å². The fourth-order valence-corrected chi connectivity index (χ4v) is 3.27. The maximum absolute atomic E-state index is 13.2. The normalized spacial score (nSPS) is 17.9. The molecule has 3 rings (SSSR count). The van der Waals surface area contributed by atoms with Gasteiger partial charge in [-0.15, -0.1) is 11.3 Å². The summed E-state index contributed by atoms with van der Waals surface area (Å²) in [5.41, 5.74) is 1.10. The Morgan fingerprint density at radius 2 is 2.04 bits per heavy atom. The molecule has 8 heteroatoms. The number of hydrogen-bond acceptors (Lipinski definition) is 6. The standard InChI is InChI=1S/C15H16F2N4OS/c1-9-6-12(19-10-2-4-15(16,17)5-3-10)21-13(18-9)14-20-11(7-22)8-23-14/h6-8,10H,2-5H2,1H3,(H,18,19,21). The lowest BCUT2D eigenvalue weighted by Gasteiger charge is -2.29. The van der Waals surface area contributed by atoms with Gasteiger partial charge >= 0.3 is 0 Å². The van der Waals surface area contributed by atoms with Crippen LogP contribution in [0.5, 0.6) is 0 Å². The van der Waals surface area contributed by atoms with Crippen molar-refractivity contribution in [2.45, 2.75) is 44.6 Å². The number of aldehydes is 1. The van der Waals surface area contributed by atoms with E-state index in [1.165, 1.54) is 11.3 Å². The zero-order valence-corrected chi connectivity index (χ0v) is 13.4. The number of aryl methyl sites for hydroxylation is 1. The van der Waals surface area contributed by atoms with E-state index in [4.69, 9.17) is 0 Å². The first-order valence-electron chi connectivity index (χ1n) is 7.36. The van der Waals surface area contributed by atoms with Gasteiger partial charge in [-0.3, -0.25) is 4.79 Å². The third kappa shape index (κ3) is 3.87. The summed E-state index contributed by atoms with van der Waals surface area (Å²) in [5.74, 6) is -1.51. The van der Waals surface area contributed by atoms with Crippen molar-refractivity contribution < 1.29 is 13.6 Å². The lowest BCUT2D eigenvalue weighted by Crippen LogP contribution is -2.32. The van der Waals surface area contributed by atoms with Crippen LogP contribution in [0.25, 0.3) is 10.8 Å². The van der Waals surface area contributed by atoms with Gasteiger partial charge in [0.05, 0.1) is 0 Å². The zero-order chi connectivity index (χ0) is 16.4. The van der Waals surface area contributed by atoms with E-state index in [0.717, 1.165) is 5.69 Å². The molecule has 0 aliphatic heterocycles. The van der Waals surface area contributed by atoms with Gasteiger partial charge in [0.1, 0.15) is 11.5 Å². The molecule has 1 saturated carbocycles. The van der Waals surface area contributed by atoms with Gasteiger partial charge in [0.15, 0.2) is 17.1 Å². The molecule has 2 aromatic heterocycles. The summed E-state index contributed by atoms with van der Waals surface area (Å²) in [7, 11) is 0. The van der Waals surface area contributed by atoms with Crippen LogP contribution < -0.4 is 5.32 Å². The fraction of sp³-hybridized carbons (Fsp3) is 0.467. The average Bonchev–Trinajstić information content (AvgIpc) is 2.98. The Labute approximate surface area is 136 Å². The van der Waals surface area contributed by atoms with E-state index in [9.17, 15) is 13.6 Å². The lowest BCUT2D eigenvalue weighted by molar-refractivity contribution is -0.0361. The molecule has 5 nitrogen and oxygen atoms in total. The van der Waals surface area contributed by atoms with E-state index in [0.29, 0.717) is 41.5 Å². The molecule has 2 aromatic rings. The number of hydrogen-bond donors (Lipinski definition) is 1. The van der Waals surface area contributed by atoms with Crippen molar-refractivity contribution >= 4 is 23.4 Å². The minimum absolute atomic E-state index is 0.0152. The molecule has 0 bridgehead atoms. The van der Waals surface area contributed by atoms with Crippen LogP contribution in [-0.4, -0.2) is 33.2 Å². The summed E-state index contributed by atoms with van der Waals surface area (Å²) in [6.45, 7) is 1.83. The monoisotopic (exact) mass is 338 g/mol. The van der Waals surface area contributed by atoms with E-state index in [-0.39, 0.29) is 18.9 Å². The molecule has 0 spiro atoms. The molecule has 2 heterocycles. The number of halogens is 2.